The van der Waals surface area contributed by atoms with E-state index in [1.54, 1.807) is 25.1 Å². The average Bonchev–Trinajstić information content (AvgIpc) is 2.90. The fraction of sp³-hybridized carbons (Fsp3) is 0.310. The normalized spacial score (nSPS) is 12.1. The Bertz CT molecular complexity index is 1430. The largest absolute Gasteiger partial charge is 0.354 e. The van der Waals surface area contributed by atoms with E-state index < -0.39 is 28.5 Å². The Morgan fingerprint density at radius 2 is 1.62 bits per heavy atom. The molecule has 1 N–H and O–H groups in total. The van der Waals surface area contributed by atoms with Crippen molar-refractivity contribution in [3.8, 4) is 0 Å². The Balaban J connectivity index is 2.06. The summed E-state index contributed by atoms with van der Waals surface area (Å²) in [6.07, 6.45) is 0.736. The van der Waals surface area contributed by atoms with Crippen LogP contribution < -0.4 is 9.62 Å². The fourth-order valence-electron chi connectivity index (χ4n) is 4.02. The summed E-state index contributed by atoms with van der Waals surface area (Å²) in [5.74, 6) is -0.894. The van der Waals surface area contributed by atoms with Crippen molar-refractivity contribution in [1.29, 1.82) is 0 Å². The lowest BCUT2D eigenvalue weighted by Gasteiger charge is -2.32. The summed E-state index contributed by atoms with van der Waals surface area (Å²) < 4.78 is 28.7. The zero-order chi connectivity index (χ0) is 28.7. The molecule has 208 valence electrons. The first-order chi connectivity index (χ1) is 18.4. The predicted molar refractivity (Wildman–Crippen MR) is 157 cm³/mol. The number of aryl methyl sites for hydroxylation is 2. The maximum atomic E-state index is 13.9. The highest BCUT2D eigenvalue weighted by Gasteiger charge is 2.33. The van der Waals surface area contributed by atoms with E-state index in [0.29, 0.717) is 6.54 Å². The molecule has 0 unspecified atom stereocenters. The number of nitrogens with zero attached hydrogens (tertiary/aromatic N) is 2. The van der Waals surface area contributed by atoms with E-state index in [1.807, 2.05) is 45.0 Å². The van der Waals surface area contributed by atoms with Crippen LogP contribution in [-0.4, -0.2) is 44.3 Å². The first-order valence-corrected chi connectivity index (χ1v) is 14.8. The highest BCUT2D eigenvalue weighted by molar-refractivity contribution is 7.92. The molecule has 2 amide bonds. The van der Waals surface area contributed by atoms with Gasteiger partial charge in [0.1, 0.15) is 12.6 Å². The second kappa shape index (κ2) is 13.3. The van der Waals surface area contributed by atoms with Crippen LogP contribution in [0.5, 0.6) is 0 Å². The van der Waals surface area contributed by atoms with Crippen molar-refractivity contribution in [2.45, 2.75) is 51.6 Å². The molecule has 39 heavy (non-hydrogen) atoms. The lowest BCUT2D eigenvalue weighted by Crippen LogP contribution is -2.51. The first kappa shape index (κ1) is 30.5. The van der Waals surface area contributed by atoms with Gasteiger partial charge in [-0.2, -0.15) is 0 Å². The van der Waals surface area contributed by atoms with Gasteiger partial charge in [-0.15, -0.1) is 0 Å². The number of rotatable bonds is 11. The van der Waals surface area contributed by atoms with E-state index in [1.165, 1.54) is 29.2 Å². The van der Waals surface area contributed by atoms with E-state index >= 15 is 0 Å². The molecule has 0 fully saturated rings. The van der Waals surface area contributed by atoms with Gasteiger partial charge in [-0.1, -0.05) is 83.7 Å². The minimum atomic E-state index is -4.24. The second-order valence-corrected chi connectivity index (χ2v) is 12.0. The molecule has 1 atom stereocenters. The van der Waals surface area contributed by atoms with Gasteiger partial charge < -0.3 is 10.2 Å². The second-order valence-electron chi connectivity index (χ2n) is 9.38. The number of carbonyl (C=O) groups excluding carboxylic acids is 2. The molecule has 0 aliphatic carbocycles. The molecule has 0 radical (unpaired) electrons. The molecule has 3 aromatic rings. The van der Waals surface area contributed by atoms with Crippen LogP contribution in [0.3, 0.4) is 0 Å². The summed E-state index contributed by atoms with van der Waals surface area (Å²) in [6, 6.07) is 17.6. The summed E-state index contributed by atoms with van der Waals surface area (Å²) in [5.41, 5.74) is 2.76. The average molecular weight is 591 g/mol. The SMILES string of the molecule is CCCNC(=O)[C@@H](C)N(Cc1cccc(C)c1)C(=O)CN(c1cccc(Cl)c1Cl)S(=O)(=O)c1ccc(C)cc1. The molecule has 3 rings (SSSR count). The number of sulfonamides is 1. The third-order valence-corrected chi connectivity index (χ3v) is 8.82. The standard InChI is InChI=1S/C29H33Cl2N3O4S/c1-5-16-32-29(36)22(4)33(18-23-9-6-8-21(3)17-23)27(35)19-34(26-11-7-10-25(30)28(26)31)39(37,38)24-14-12-20(2)13-15-24/h6-15,17,22H,5,16,18-19H2,1-4H3,(H,32,36)/t22-/m1/s1. The Morgan fingerprint density at radius 1 is 0.949 bits per heavy atom. The van der Waals surface area contributed by atoms with Crippen molar-refractivity contribution in [2.24, 2.45) is 0 Å². The quantitative estimate of drug-likeness (QED) is 0.308. The van der Waals surface area contributed by atoms with Gasteiger partial charge in [0, 0.05) is 13.1 Å². The lowest BCUT2D eigenvalue weighted by molar-refractivity contribution is -0.139. The molecule has 0 aliphatic heterocycles. The Morgan fingerprint density at radius 3 is 2.26 bits per heavy atom. The molecule has 0 saturated heterocycles. The number of halogens is 2. The number of carbonyl (C=O) groups is 2. The van der Waals surface area contributed by atoms with E-state index in [-0.39, 0.29) is 33.1 Å². The third-order valence-electron chi connectivity index (χ3n) is 6.24. The first-order valence-electron chi connectivity index (χ1n) is 12.6. The molecule has 0 spiro atoms. The number of amides is 2. The lowest BCUT2D eigenvalue weighted by atomic mass is 10.1. The van der Waals surface area contributed by atoms with Crippen LogP contribution in [0.1, 0.15) is 37.0 Å². The van der Waals surface area contributed by atoms with E-state index in [0.717, 1.165) is 27.4 Å². The predicted octanol–water partition coefficient (Wildman–Crippen LogP) is 5.75. The van der Waals surface area contributed by atoms with E-state index in [4.69, 9.17) is 23.2 Å². The highest BCUT2D eigenvalue weighted by Crippen LogP contribution is 2.35. The van der Waals surface area contributed by atoms with Crippen molar-refractivity contribution in [3.63, 3.8) is 0 Å². The molecule has 10 heteroatoms. The van der Waals surface area contributed by atoms with Crippen LogP contribution in [0.4, 0.5) is 5.69 Å². The van der Waals surface area contributed by atoms with Crippen molar-refractivity contribution >= 4 is 50.7 Å². The van der Waals surface area contributed by atoms with Gasteiger partial charge in [0.15, 0.2) is 0 Å². The van der Waals surface area contributed by atoms with Crippen LogP contribution in [0.2, 0.25) is 10.0 Å². The topological polar surface area (TPSA) is 86.8 Å². The fourth-order valence-corrected chi connectivity index (χ4v) is 5.90. The zero-order valence-corrected chi connectivity index (χ0v) is 24.8. The smallest absolute Gasteiger partial charge is 0.264 e. The third kappa shape index (κ3) is 7.53. The minimum Gasteiger partial charge on any atom is -0.354 e. The monoisotopic (exact) mass is 589 g/mol. The van der Waals surface area contributed by atoms with Gasteiger partial charge in [0.2, 0.25) is 11.8 Å². The van der Waals surface area contributed by atoms with Gasteiger partial charge in [-0.25, -0.2) is 8.42 Å². The van der Waals surface area contributed by atoms with Gasteiger partial charge in [-0.05, 0) is 57.0 Å². The minimum absolute atomic E-state index is 0.00150. The zero-order valence-electron chi connectivity index (χ0n) is 22.4. The molecule has 0 aliphatic rings. The highest BCUT2D eigenvalue weighted by atomic mass is 35.5. The number of anilines is 1. The Kier molecular flexibility index (Phi) is 10.4. The number of hydrogen-bond donors (Lipinski definition) is 1. The number of nitrogens with one attached hydrogen (secondary N) is 1. The van der Waals surface area contributed by atoms with Crippen molar-refractivity contribution < 1.29 is 18.0 Å². The summed E-state index contributed by atoms with van der Waals surface area (Å²) in [4.78, 5) is 28.2. The number of benzene rings is 3. The summed E-state index contributed by atoms with van der Waals surface area (Å²) in [7, 11) is -4.24. The molecular formula is C29H33Cl2N3O4S. The summed E-state index contributed by atoms with van der Waals surface area (Å²) in [6.45, 7) is 7.33. The number of hydrogen-bond acceptors (Lipinski definition) is 4. The molecule has 0 aromatic heterocycles. The van der Waals surface area contributed by atoms with Gasteiger partial charge >= 0.3 is 0 Å². The van der Waals surface area contributed by atoms with Crippen molar-refractivity contribution in [2.75, 3.05) is 17.4 Å². The molecular weight excluding hydrogens is 557 g/mol. The van der Waals surface area contributed by atoms with Gasteiger partial charge in [-0.3, -0.25) is 13.9 Å². The maximum Gasteiger partial charge on any atom is 0.264 e. The molecule has 3 aromatic carbocycles. The molecule has 0 heterocycles. The van der Waals surface area contributed by atoms with Crippen molar-refractivity contribution in [3.05, 3.63) is 93.5 Å². The molecule has 7 nitrogen and oxygen atoms in total. The Labute approximate surface area is 240 Å². The Hall–Kier alpha value is -3.07. The maximum absolute atomic E-state index is 13.9. The van der Waals surface area contributed by atoms with Crippen LogP contribution in [0.15, 0.2) is 71.6 Å². The molecule has 0 saturated carbocycles. The van der Waals surface area contributed by atoms with Gasteiger partial charge in [0.05, 0.1) is 20.6 Å². The molecule has 0 bridgehead atoms. The summed E-state index contributed by atoms with van der Waals surface area (Å²) in [5, 5.41) is 2.97. The van der Waals surface area contributed by atoms with Crippen LogP contribution >= 0.6 is 23.2 Å². The van der Waals surface area contributed by atoms with E-state index in [9.17, 15) is 18.0 Å². The summed E-state index contributed by atoms with van der Waals surface area (Å²) >= 11 is 12.7. The van der Waals surface area contributed by atoms with Crippen LogP contribution in [0.25, 0.3) is 0 Å². The van der Waals surface area contributed by atoms with Gasteiger partial charge in [0.25, 0.3) is 10.0 Å². The van der Waals surface area contributed by atoms with E-state index in [2.05, 4.69) is 5.32 Å². The van der Waals surface area contributed by atoms with Crippen LogP contribution in [-0.2, 0) is 26.2 Å². The van der Waals surface area contributed by atoms with Crippen LogP contribution in [0, 0.1) is 13.8 Å². The van der Waals surface area contributed by atoms with Crippen molar-refractivity contribution in [1.82, 2.24) is 10.2 Å².